The van der Waals surface area contributed by atoms with Crippen molar-refractivity contribution in [2.75, 3.05) is 44.3 Å². The van der Waals surface area contributed by atoms with E-state index >= 15 is 0 Å². The molecule has 0 aromatic heterocycles. The van der Waals surface area contributed by atoms with Crippen LogP contribution in [0.15, 0.2) is 0 Å². The second-order valence-corrected chi connectivity index (χ2v) is 7.84. The van der Waals surface area contributed by atoms with Gasteiger partial charge in [0, 0.05) is 25.0 Å². The molecule has 1 saturated heterocycles. The standard InChI is InChI=1S/C12H25BrN2O2S/c1-3-14(8-5-7-13)10-12-6-4-9-15(11-12)18(2,16)17/h12H,3-11H2,1-2H3. The highest BCUT2D eigenvalue weighted by Crippen LogP contribution is 2.19. The Morgan fingerprint density at radius 2 is 2.17 bits per heavy atom. The van der Waals surface area contributed by atoms with Crippen molar-refractivity contribution < 1.29 is 8.42 Å². The van der Waals surface area contributed by atoms with E-state index in [1.807, 2.05) is 0 Å². The Hall–Kier alpha value is 0.350. The van der Waals surface area contributed by atoms with E-state index in [2.05, 4.69) is 27.8 Å². The molecule has 18 heavy (non-hydrogen) atoms. The molecular weight excluding hydrogens is 316 g/mol. The van der Waals surface area contributed by atoms with Gasteiger partial charge in [0.15, 0.2) is 0 Å². The molecule has 1 fully saturated rings. The van der Waals surface area contributed by atoms with Crippen molar-refractivity contribution >= 4 is 26.0 Å². The lowest BCUT2D eigenvalue weighted by Gasteiger charge is -2.34. The zero-order valence-corrected chi connectivity index (χ0v) is 13.8. The van der Waals surface area contributed by atoms with Crippen LogP contribution in [0.3, 0.4) is 0 Å². The first kappa shape index (κ1) is 16.4. The average Bonchev–Trinajstić information content (AvgIpc) is 2.33. The van der Waals surface area contributed by atoms with Crippen LogP contribution in [-0.4, -0.2) is 61.9 Å². The van der Waals surface area contributed by atoms with E-state index in [-0.39, 0.29) is 0 Å². The number of hydrogen-bond acceptors (Lipinski definition) is 3. The molecule has 108 valence electrons. The van der Waals surface area contributed by atoms with Crippen molar-refractivity contribution in [2.45, 2.75) is 26.2 Å². The highest BCUT2D eigenvalue weighted by atomic mass is 79.9. The number of rotatable bonds is 7. The van der Waals surface area contributed by atoms with E-state index < -0.39 is 10.0 Å². The van der Waals surface area contributed by atoms with Crippen molar-refractivity contribution in [3.05, 3.63) is 0 Å². The topological polar surface area (TPSA) is 40.6 Å². The minimum absolute atomic E-state index is 0.490. The van der Waals surface area contributed by atoms with Crippen LogP contribution >= 0.6 is 15.9 Å². The predicted octanol–water partition coefficient (Wildman–Crippen LogP) is 1.76. The van der Waals surface area contributed by atoms with Gasteiger partial charge in [0.05, 0.1) is 6.26 Å². The Balaban J connectivity index is 2.46. The van der Waals surface area contributed by atoms with Crippen LogP contribution in [0.2, 0.25) is 0 Å². The molecule has 4 nitrogen and oxygen atoms in total. The number of hydrogen-bond donors (Lipinski definition) is 0. The zero-order chi connectivity index (χ0) is 13.6. The van der Waals surface area contributed by atoms with Gasteiger partial charge < -0.3 is 4.90 Å². The normalized spacial score (nSPS) is 22.6. The Bertz CT molecular complexity index is 335. The number of sulfonamides is 1. The molecule has 0 aromatic carbocycles. The molecule has 1 atom stereocenters. The van der Waals surface area contributed by atoms with Crippen molar-refractivity contribution in [3.8, 4) is 0 Å². The van der Waals surface area contributed by atoms with Crippen LogP contribution in [0.25, 0.3) is 0 Å². The summed E-state index contributed by atoms with van der Waals surface area (Å²) in [7, 11) is -3.01. The van der Waals surface area contributed by atoms with Crippen molar-refractivity contribution in [1.82, 2.24) is 9.21 Å². The monoisotopic (exact) mass is 340 g/mol. The molecule has 1 unspecified atom stereocenters. The molecular formula is C12H25BrN2O2S. The molecule has 1 heterocycles. The number of piperidine rings is 1. The van der Waals surface area contributed by atoms with E-state index in [9.17, 15) is 8.42 Å². The van der Waals surface area contributed by atoms with E-state index in [1.54, 1.807) is 4.31 Å². The first-order valence-corrected chi connectivity index (χ1v) is 9.67. The maximum absolute atomic E-state index is 11.6. The zero-order valence-electron chi connectivity index (χ0n) is 11.4. The summed E-state index contributed by atoms with van der Waals surface area (Å²) in [5.74, 6) is 0.490. The van der Waals surface area contributed by atoms with Gasteiger partial charge >= 0.3 is 0 Å². The minimum Gasteiger partial charge on any atom is -0.303 e. The van der Waals surface area contributed by atoms with Crippen LogP contribution < -0.4 is 0 Å². The van der Waals surface area contributed by atoms with Gasteiger partial charge in [-0.2, -0.15) is 0 Å². The molecule has 0 spiro atoms. The Labute approximate surface area is 120 Å². The summed E-state index contributed by atoms with van der Waals surface area (Å²) in [6.45, 7) is 6.73. The largest absolute Gasteiger partial charge is 0.303 e. The molecule has 1 aliphatic heterocycles. The van der Waals surface area contributed by atoms with E-state index in [1.165, 1.54) is 6.26 Å². The Kier molecular flexibility index (Phi) is 7.13. The molecule has 1 rings (SSSR count). The number of halogens is 1. The highest BCUT2D eigenvalue weighted by Gasteiger charge is 2.26. The molecule has 0 aromatic rings. The van der Waals surface area contributed by atoms with Crippen LogP contribution in [0.1, 0.15) is 26.2 Å². The Morgan fingerprint density at radius 3 is 2.72 bits per heavy atom. The summed E-state index contributed by atoms with van der Waals surface area (Å²) in [5, 5.41) is 1.03. The van der Waals surface area contributed by atoms with Gasteiger partial charge in [-0.1, -0.05) is 22.9 Å². The highest BCUT2D eigenvalue weighted by molar-refractivity contribution is 9.09. The molecule has 0 radical (unpaired) electrons. The maximum Gasteiger partial charge on any atom is 0.211 e. The van der Waals surface area contributed by atoms with Gasteiger partial charge in [-0.25, -0.2) is 12.7 Å². The van der Waals surface area contributed by atoms with Gasteiger partial charge in [0.1, 0.15) is 0 Å². The lowest BCUT2D eigenvalue weighted by molar-refractivity contribution is 0.184. The van der Waals surface area contributed by atoms with Crippen molar-refractivity contribution in [3.63, 3.8) is 0 Å². The average molecular weight is 341 g/mol. The third-order valence-corrected chi connectivity index (χ3v) is 5.35. The smallest absolute Gasteiger partial charge is 0.211 e. The number of nitrogens with zero attached hydrogens (tertiary/aromatic N) is 2. The fraction of sp³-hybridized carbons (Fsp3) is 1.00. The summed E-state index contributed by atoms with van der Waals surface area (Å²) in [6.07, 6.45) is 4.61. The summed E-state index contributed by atoms with van der Waals surface area (Å²) >= 11 is 3.45. The second-order valence-electron chi connectivity index (χ2n) is 5.07. The molecule has 1 aliphatic rings. The first-order chi connectivity index (χ1) is 8.47. The third kappa shape index (κ3) is 5.55. The third-order valence-electron chi connectivity index (χ3n) is 3.52. The van der Waals surface area contributed by atoms with Crippen molar-refractivity contribution in [1.29, 1.82) is 0 Å². The maximum atomic E-state index is 11.6. The van der Waals surface area contributed by atoms with Gasteiger partial charge in [0.2, 0.25) is 10.0 Å². The number of alkyl halides is 1. The van der Waals surface area contributed by atoms with Gasteiger partial charge in [-0.05, 0) is 38.3 Å². The second kappa shape index (κ2) is 7.82. The van der Waals surface area contributed by atoms with Crippen LogP contribution in [-0.2, 0) is 10.0 Å². The molecule has 0 saturated carbocycles. The van der Waals surface area contributed by atoms with Gasteiger partial charge in [-0.15, -0.1) is 0 Å². The van der Waals surface area contributed by atoms with E-state index in [0.717, 1.165) is 44.2 Å². The summed E-state index contributed by atoms with van der Waals surface area (Å²) < 4.78 is 24.8. The lowest BCUT2D eigenvalue weighted by Crippen LogP contribution is -2.43. The first-order valence-electron chi connectivity index (χ1n) is 6.70. The SMILES string of the molecule is CCN(CCCBr)CC1CCCN(S(C)(=O)=O)C1. The molecule has 6 heteroatoms. The quantitative estimate of drug-likeness (QED) is 0.663. The van der Waals surface area contributed by atoms with Gasteiger partial charge in [-0.3, -0.25) is 0 Å². The van der Waals surface area contributed by atoms with Crippen molar-refractivity contribution in [2.24, 2.45) is 5.92 Å². The van der Waals surface area contributed by atoms with Crippen LogP contribution in [0.4, 0.5) is 0 Å². The molecule has 0 bridgehead atoms. The molecule has 0 amide bonds. The minimum atomic E-state index is -3.01. The summed E-state index contributed by atoms with van der Waals surface area (Å²) in [4.78, 5) is 2.43. The molecule has 0 aliphatic carbocycles. The van der Waals surface area contributed by atoms with Crippen LogP contribution in [0.5, 0.6) is 0 Å². The Morgan fingerprint density at radius 1 is 1.44 bits per heavy atom. The van der Waals surface area contributed by atoms with E-state index in [4.69, 9.17) is 0 Å². The lowest BCUT2D eigenvalue weighted by atomic mass is 9.99. The van der Waals surface area contributed by atoms with Gasteiger partial charge in [0.25, 0.3) is 0 Å². The summed E-state index contributed by atoms with van der Waals surface area (Å²) in [5.41, 5.74) is 0. The molecule has 0 N–H and O–H groups in total. The predicted molar refractivity (Wildman–Crippen MR) is 79.7 cm³/mol. The van der Waals surface area contributed by atoms with Crippen LogP contribution in [0, 0.1) is 5.92 Å². The fourth-order valence-electron chi connectivity index (χ4n) is 2.50. The van der Waals surface area contributed by atoms with E-state index in [0.29, 0.717) is 19.0 Å². The fourth-order valence-corrected chi connectivity index (χ4v) is 3.70. The summed E-state index contributed by atoms with van der Waals surface area (Å²) in [6, 6.07) is 0.